The molecule has 0 saturated heterocycles. The van der Waals surface area contributed by atoms with Gasteiger partial charge >= 0.3 is 0 Å². The van der Waals surface area contributed by atoms with Crippen LogP contribution in [-0.2, 0) is 6.42 Å². The molecule has 0 fully saturated rings. The van der Waals surface area contributed by atoms with E-state index in [-0.39, 0.29) is 5.82 Å². The van der Waals surface area contributed by atoms with Gasteiger partial charge in [0.15, 0.2) is 0 Å². The van der Waals surface area contributed by atoms with Crippen LogP contribution in [0.25, 0.3) is 0 Å². The number of halogens is 1. The molecular formula is C16H26FN. The number of nitrogens with one attached hydrogen (secondary N) is 1. The molecular weight excluding hydrogens is 225 g/mol. The maximum atomic E-state index is 13.3. The lowest BCUT2D eigenvalue weighted by molar-refractivity contribution is 0.460. The van der Waals surface area contributed by atoms with Gasteiger partial charge in [-0.15, -0.1) is 0 Å². The summed E-state index contributed by atoms with van der Waals surface area (Å²) in [5, 5.41) is 3.58. The van der Waals surface area contributed by atoms with Gasteiger partial charge in [-0.05, 0) is 56.0 Å². The van der Waals surface area contributed by atoms with Gasteiger partial charge in [0.05, 0.1) is 0 Å². The summed E-state index contributed by atoms with van der Waals surface area (Å²) >= 11 is 0. The highest BCUT2D eigenvalue weighted by atomic mass is 19.1. The smallest absolute Gasteiger partial charge is 0.123 e. The molecule has 0 aliphatic heterocycles. The molecule has 1 aromatic carbocycles. The standard InChI is InChI=1S/C16H26FN/c1-4-6-7-16(18-10-5-2)12-14-11-15(17)9-8-13(14)3/h8-9,11,16,18H,4-7,10,12H2,1-3H3. The van der Waals surface area contributed by atoms with Crippen molar-refractivity contribution < 1.29 is 4.39 Å². The van der Waals surface area contributed by atoms with Crippen molar-refractivity contribution in [1.82, 2.24) is 5.32 Å². The van der Waals surface area contributed by atoms with Crippen LogP contribution in [0, 0.1) is 12.7 Å². The van der Waals surface area contributed by atoms with E-state index in [1.807, 2.05) is 6.07 Å². The van der Waals surface area contributed by atoms with Crippen molar-refractivity contribution in [3.05, 3.63) is 35.1 Å². The van der Waals surface area contributed by atoms with E-state index >= 15 is 0 Å². The Balaban J connectivity index is 2.65. The zero-order chi connectivity index (χ0) is 13.4. The molecule has 1 aromatic rings. The van der Waals surface area contributed by atoms with Gasteiger partial charge in [0, 0.05) is 6.04 Å². The molecule has 0 aliphatic rings. The molecule has 0 amide bonds. The summed E-state index contributed by atoms with van der Waals surface area (Å²) in [5.74, 6) is -0.125. The summed E-state index contributed by atoms with van der Waals surface area (Å²) in [6.45, 7) is 7.50. The Bertz CT molecular complexity index is 341. The van der Waals surface area contributed by atoms with Crippen molar-refractivity contribution in [1.29, 1.82) is 0 Å². The summed E-state index contributed by atoms with van der Waals surface area (Å²) in [7, 11) is 0. The number of unbranched alkanes of at least 4 members (excludes halogenated alkanes) is 1. The van der Waals surface area contributed by atoms with Gasteiger partial charge < -0.3 is 5.32 Å². The topological polar surface area (TPSA) is 12.0 Å². The molecule has 0 aromatic heterocycles. The highest BCUT2D eigenvalue weighted by Crippen LogP contribution is 2.15. The van der Waals surface area contributed by atoms with Gasteiger partial charge in [0.25, 0.3) is 0 Å². The Kier molecular flexibility index (Phi) is 6.96. The Morgan fingerprint density at radius 2 is 2.00 bits per heavy atom. The van der Waals surface area contributed by atoms with E-state index in [1.54, 1.807) is 12.1 Å². The maximum Gasteiger partial charge on any atom is 0.123 e. The summed E-state index contributed by atoms with van der Waals surface area (Å²) in [4.78, 5) is 0. The molecule has 1 unspecified atom stereocenters. The van der Waals surface area contributed by atoms with Crippen LogP contribution in [0.1, 0.15) is 50.7 Å². The van der Waals surface area contributed by atoms with Crippen LogP contribution in [0.4, 0.5) is 4.39 Å². The van der Waals surface area contributed by atoms with Gasteiger partial charge in [-0.2, -0.15) is 0 Å². The second kappa shape index (κ2) is 8.25. The predicted octanol–water partition coefficient (Wildman–Crippen LogP) is 4.24. The van der Waals surface area contributed by atoms with E-state index in [2.05, 4.69) is 26.1 Å². The first-order valence-electron chi connectivity index (χ1n) is 7.15. The van der Waals surface area contributed by atoms with Crippen LogP contribution >= 0.6 is 0 Å². The lowest BCUT2D eigenvalue weighted by Gasteiger charge is -2.19. The summed E-state index contributed by atoms with van der Waals surface area (Å²) < 4.78 is 13.3. The fourth-order valence-electron chi connectivity index (χ4n) is 2.20. The quantitative estimate of drug-likeness (QED) is 0.729. The van der Waals surface area contributed by atoms with E-state index in [0.717, 1.165) is 24.9 Å². The third-order valence-corrected chi connectivity index (χ3v) is 3.37. The molecule has 0 spiro atoms. The SMILES string of the molecule is CCCCC(Cc1cc(F)ccc1C)NCCC. The third kappa shape index (κ3) is 5.18. The molecule has 1 rings (SSSR count). The molecule has 0 radical (unpaired) electrons. The summed E-state index contributed by atoms with van der Waals surface area (Å²) in [6.07, 6.45) is 5.70. The molecule has 0 saturated carbocycles. The Morgan fingerprint density at radius 1 is 1.22 bits per heavy atom. The fraction of sp³-hybridized carbons (Fsp3) is 0.625. The van der Waals surface area contributed by atoms with Gasteiger partial charge in [-0.3, -0.25) is 0 Å². The molecule has 18 heavy (non-hydrogen) atoms. The average molecular weight is 251 g/mol. The maximum absolute atomic E-state index is 13.3. The first-order valence-corrected chi connectivity index (χ1v) is 7.15. The minimum absolute atomic E-state index is 0.125. The predicted molar refractivity (Wildman–Crippen MR) is 76.4 cm³/mol. The van der Waals surface area contributed by atoms with Crippen LogP contribution in [0.15, 0.2) is 18.2 Å². The first-order chi connectivity index (χ1) is 8.67. The van der Waals surface area contributed by atoms with Crippen LogP contribution < -0.4 is 5.32 Å². The highest BCUT2D eigenvalue weighted by Gasteiger charge is 2.10. The van der Waals surface area contributed by atoms with Crippen molar-refractivity contribution in [2.24, 2.45) is 0 Å². The van der Waals surface area contributed by atoms with Crippen molar-refractivity contribution in [2.75, 3.05) is 6.54 Å². The Morgan fingerprint density at radius 3 is 2.67 bits per heavy atom. The zero-order valence-corrected chi connectivity index (χ0v) is 11.9. The molecule has 0 aliphatic carbocycles. The summed E-state index contributed by atoms with van der Waals surface area (Å²) in [5.41, 5.74) is 2.33. The van der Waals surface area contributed by atoms with E-state index in [9.17, 15) is 4.39 Å². The summed E-state index contributed by atoms with van der Waals surface area (Å²) in [6, 6.07) is 5.58. The fourth-order valence-corrected chi connectivity index (χ4v) is 2.20. The van der Waals surface area contributed by atoms with Crippen molar-refractivity contribution in [3.8, 4) is 0 Å². The number of hydrogen-bond acceptors (Lipinski definition) is 1. The van der Waals surface area contributed by atoms with Gasteiger partial charge in [0.1, 0.15) is 5.82 Å². The lowest BCUT2D eigenvalue weighted by Crippen LogP contribution is -2.32. The Labute approximate surface area is 111 Å². The first kappa shape index (κ1) is 15.2. The number of rotatable bonds is 8. The number of hydrogen-bond donors (Lipinski definition) is 1. The molecule has 0 bridgehead atoms. The largest absolute Gasteiger partial charge is 0.314 e. The highest BCUT2D eigenvalue weighted by molar-refractivity contribution is 5.27. The van der Waals surface area contributed by atoms with Gasteiger partial charge in [-0.25, -0.2) is 4.39 Å². The molecule has 102 valence electrons. The van der Waals surface area contributed by atoms with E-state index in [0.29, 0.717) is 6.04 Å². The lowest BCUT2D eigenvalue weighted by atomic mass is 9.97. The zero-order valence-electron chi connectivity index (χ0n) is 11.9. The second-order valence-corrected chi connectivity index (χ2v) is 5.07. The van der Waals surface area contributed by atoms with E-state index in [1.165, 1.54) is 24.8 Å². The minimum Gasteiger partial charge on any atom is -0.314 e. The van der Waals surface area contributed by atoms with Crippen LogP contribution in [0.2, 0.25) is 0 Å². The molecule has 0 heterocycles. The Hall–Kier alpha value is -0.890. The van der Waals surface area contributed by atoms with Crippen molar-refractivity contribution >= 4 is 0 Å². The van der Waals surface area contributed by atoms with E-state index < -0.39 is 0 Å². The van der Waals surface area contributed by atoms with Crippen LogP contribution in [0.3, 0.4) is 0 Å². The number of aryl methyl sites for hydroxylation is 1. The van der Waals surface area contributed by atoms with Gasteiger partial charge in [-0.1, -0.05) is 32.8 Å². The van der Waals surface area contributed by atoms with Crippen molar-refractivity contribution in [3.63, 3.8) is 0 Å². The second-order valence-electron chi connectivity index (χ2n) is 5.07. The normalized spacial score (nSPS) is 12.7. The average Bonchev–Trinajstić information content (AvgIpc) is 2.37. The van der Waals surface area contributed by atoms with Crippen molar-refractivity contribution in [2.45, 2.75) is 58.9 Å². The van der Waals surface area contributed by atoms with Gasteiger partial charge in [0.2, 0.25) is 0 Å². The number of benzene rings is 1. The molecule has 1 N–H and O–H groups in total. The molecule has 1 atom stereocenters. The van der Waals surface area contributed by atoms with E-state index in [4.69, 9.17) is 0 Å². The van der Waals surface area contributed by atoms with Crippen LogP contribution in [0.5, 0.6) is 0 Å². The molecule has 2 heteroatoms. The molecule has 1 nitrogen and oxygen atoms in total. The minimum atomic E-state index is -0.125. The third-order valence-electron chi connectivity index (χ3n) is 3.37. The monoisotopic (exact) mass is 251 g/mol. The van der Waals surface area contributed by atoms with Crippen LogP contribution in [-0.4, -0.2) is 12.6 Å².